The van der Waals surface area contributed by atoms with Crippen molar-refractivity contribution in [3.05, 3.63) is 24.0 Å². The zero-order valence-corrected chi connectivity index (χ0v) is 7.64. The molecular weight excluding hydrogens is 181 g/mol. The molecular formula is C7H8FNS2. The van der Waals surface area contributed by atoms with E-state index in [4.69, 9.17) is 5.73 Å². The van der Waals surface area contributed by atoms with Crippen molar-refractivity contribution in [2.24, 2.45) is 0 Å². The molecule has 0 atom stereocenters. The van der Waals surface area contributed by atoms with Crippen LogP contribution in [0.1, 0.15) is 0 Å². The normalized spacial score (nSPS) is 10.0. The van der Waals surface area contributed by atoms with E-state index in [0.717, 1.165) is 4.90 Å². The second kappa shape index (κ2) is 3.88. The molecule has 1 aromatic carbocycles. The zero-order chi connectivity index (χ0) is 8.27. The van der Waals surface area contributed by atoms with E-state index in [1.54, 1.807) is 16.9 Å². The molecule has 0 aromatic heterocycles. The Hall–Kier alpha value is -0.350. The van der Waals surface area contributed by atoms with Gasteiger partial charge in [0.05, 0.1) is 0 Å². The monoisotopic (exact) mass is 189 g/mol. The molecule has 0 saturated heterocycles. The standard InChI is InChI=1S/C7H8FNS2/c1-10-11-7-3-2-5(8)4-6(7)9/h2-4H,9H2,1H3. The Morgan fingerprint density at radius 2 is 2.18 bits per heavy atom. The first-order valence-electron chi connectivity index (χ1n) is 2.99. The van der Waals surface area contributed by atoms with E-state index in [9.17, 15) is 4.39 Å². The number of anilines is 1. The minimum absolute atomic E-state index is 0.284. The smallest absolute Gasteiger partial charge is 0.125 e. The van der Waals surface area contributed by atoms with Crippen LogP contribution in [0.15, 0.2) is 23.1 Å². The van der Waals surface area contributed by atoms with E-state index in [2.05, 4.69) is 0 Å². The number of nitrogen functional groups attached to an aromatic ring is 1. The van der Waals surface area contributed by atoms with E-state index in [0.29, 0.717) is 5.69 Å². The second-order valence-corrected chi connectivity index (χ2v) is 4.37. The molecule has 0 fully saturated rings. The van der Waals surface area contributed by atoms with Crippen LogP contribution in [-0.2, 0) is 0 Å². The molecule has 0 aliphatic rings. The van der Waals surface area contributed by atoms with Crippen molar-refractivity contribution in [1.29, 1.82) is 0 Å². The summed E-state index contributed by atoms with van der Waals surface area (Å²) >= 11 is 0. The lowest BCUT2D eigenvalue weighted by atomic mass is 10.3. The summed E-state index contributed by atoms with van der Waals surface area (Å²) in [4.78, 5) is 0.916. The first-order chi connectivity index (χ1) is 5.24. The Morgan fingerprint density at radius 1 is 1.45 bits per heavy atom. The van der Waals surface area contributed by atoms with Crippen molar-refractivity contribution in [3.8, 4) is 0 Å². The quantitative estimate of drug-likeness (QED) is 0.572. The highest BCUT2D eigenvalue weighted by molar-refractivity contribution is 8.76. The molecule has 0 heterocycles. The molecule has 2 N–H and O–H groups in total. The summed E-state index contributed by atoms with van der Waals surface area (Å²) in [5.41, 5.74) is 6.04. The highest BCUT2D eigenvalue weighted by atomic mass is 33.1. The van der Waals surface area contributed by atoms with E-state index in [-0.39, 0.29) is 5.82 Å². The summed E-state index contributed by atoms with van der Waals surface area (Å²) in [5.74, 6) is -0.284. The van der Waals surface area contributed by atoms with Crippen LogP contribution in [0, 0.1) is 5.82 Å². The minimum Gasteiger partial charge on any atom is -0.398 e. The molecule has 1 aromatic rings. The summed E-state index contributed by atoms with van der Waals surface area (Å²) < 4.78 is 12.5. The highest BCUT2D eigenvalue weighted by Gasteiger charge is 1.99. The SMILES string of the molecule is CSSc1ccc(F)cc1N. The molecule has 0 saturated carbocycles. The van der Waals surface area contributed by atoms with Crippen molar-refractivity contribution in [2.45, 2.75) is 4.90 Å². The molecule has 0 aliphatic carbocycles. The summed E-state index contributed by atoms with van der Waals surface area (Å²) in [7, 11) is 3.12. The lowest BCUT2D eigenvalue weighted by Gasteiger charge is -2.01. The van der Waals surface area contributed by atoms with Crippen molar-refractivity contribution < 1.29 is 4.39 Å². The average Bonchev–Trinajstić information content (AvgIpc) is 1.95. The molecule has 1 nitrogen and oxygen atoms in total. The maximum atomic E-state index is 12.5. The van der Waals surface area contributed by atoms with Crippen molar-refractivity contribution in [3.63, 3.8) is 0 Å². The molecule has 1 rings (SSSR count). The zero-order valence-electron chi connectivity index (χ0n) is 6.00. The summed E-state index contributed by atoms with van der Waals surface area (Å²) in [6, 6.07) is 4.43. The lowest BCUT2D eigenvalue weighted by molar-refractivity contribution is 0.627. The second-order valence-electron chi connectivity index (χ2n) is 1.93. The van der Waals surface area contributed by atoms with Crippen molar-refractivity contribution >= 4 is 27.3 Å². The summed E-state index contributed by atoms with van der Waals surface area (Å²) in [6.45, 7) is 0. The van der Waals surface area contributed by atoms with Gasteiger partial charge in [-0.1, -0.05) is 21.6 Å². The fraction of sp³-hybridized carbons (Fsp3) is 0.143. The fourth-order valence-corrected chi connectivity index (χ4v) is 2.14. The van der Waals surface area contributed by atoms with Gasteiger partial charge in [0, 0.05) is 10.6 Å². The molecule has 4 heteroatoms. The largest absolute Gasteiger partial charge is 0.398 e. The van der Waals surface area contributed by atoms with Crippen LogP contribution >= 0.6 is 21.6 Å². The topological polar surface area (TPSA) is 26.0 Å². The van der Waals surface area contributed by atoms with E-state index in [1.165, 1.54) is 22.9 Å². The Balaban J connectivity index is 2.90. The summed E-state index contributed by atoms with van der Waals surface area (Å²) in [5, 5.41) is 0. The van der Waals surface area contributed by atoms with Crippen LogP contribution in [0.25, 0.3) is 0 Å². The fourth-order valence-electron chi connectivity index (χ4n) is 0.685. The number of nitrogens with two attached hydrogens (primary N) is 1. The maximum Gasteiger partial charge on any atom is 0.125 e. The van der Waals surface area contributed by atoms with Gasteiger partial charge in [0.15, 0.2) is 0 Å². The van der Waals surface area contributed by atoms with E-state index in [1.807, 2.05) is 6.26 Å². The molecule has 0 radical (unpaired) electrons. The number of benzene rings is 1. The number of rotatable bonds is 2. The van der Waals surface area contributed by atoms with E-state index >= 15 is 0 Å². The Bertz CT molecular complexity index is 252. The summed E-state index contributed by atoms with van der Waals surface area (Å²) in [6.07, 6.45) is 1.95. The van der Waals surface area contributed by atoms with Crippen LogP contribution in [0.4, 0.5) is 10.1 Å². The third kappa shape index (κ3) is 2.31. The van der Waals surface area contributed by atoms with Gasteiger partial charge in [0.25, 0.3) is 0 Å². The van der Waals surface area contributed by atoms with E-state index < -0.39 is 0 Å². The first kappa shape index (κ1) is 8.74. The van der Waals surface area contributed by atoms with Crippen LogP contribution < -0.4 is 5.73 Å². The third-order valence-corrected chi connectivity index (χ3v) is 2.90. The van der Waals surface area contributed by atoms with Gasteiger partial charge in [0.1, 0.15) is 5.82 Å². The van der Waals surface area contributed by atoms with Crippen LogP contribution in [-0.4, -0.2) is 6.26 Å². The van der Waals surface area contributed by atoms with Gasteiger partial charge in [-0.25, -0.2) is 4.39 Å². The number of halogens is 1. The van der Waals surface area contributed by atoms with Crippen LogP contribution in [0.3, 0.4) is 0 Å². The molecule has 0 amide bonds. The highest BCUT2D eigenvalue weighted by Crippen LogP contribution is 2.32. The molecule has 0 spiro atoms. The molecule has 11 heavy (non-hydrogen) atoms. The van der Waals surface area contributed by atoms with Gasteiger partial charge in [0.2, 0.25) is 0 Å². The van der Waals surface area contributed by atoms with Gasteiger partial charge in [-0.2, -0.15) is 0 Å². The minimum atomic E-state index is -0.284. The Labute approximate surface area is 72.9 Å². The predicted octanol–water partition coefficient (Wildman–Crippen LogP) is 2.78. The van der Waals surface area contributed by atoms with Gasteiger partial charge >= 0.3 is 0 Å². The number of hydrogen-bond donors (Lipinski definition) is 1. The predicted molar refractivity (Wildman–Crippen MR) is 50.2 cm³/mol. The molecule has 0 aliphatic heterocycles. The van der Waals surface area contributed by atoms with Crippen LogP contribution in [0.5, 0.6) is 0 Å². The third-order valence-electron chi connectivity index (χ3n) is 1.14. The van der Waals surface area contributed by atoms with Gasteiger partial charge < -0.3 is 5.73 Å². The maximum absolute atomic E-state index is 12.5. The average molecular weight is 189 g/mol. The Kier molecular flexibility index (Phi) is 3.08. The molecule has 0 unspecified atom stereocenters. The van der Waals surface area contributed by atoms with Gasteiger partial charge in [-0.05, 0) is 24.5 Å². The Morgan fingerprint density at radius 3 is 2.73 bits per heavy atom. The van der Waals surface area contributed by atoms with Crippen molar-refractivity contribution in [1.82, 2.24) is 0 Å². The molecule has 60 valence electrons. The van der Waals surface area contributed by atoms with Crippen molar-refractivity contribution in [2.75, 3.05) is 12.0 Å². The molecule has 0 bridgehead atoms. The number of hydrogen-bond acceptors (Lipinski definition) is 3. The lowest BCUT2D eigenvalue weighted by Crippen LogP contribution is -1.88. The van der Waals surface area contributed by atoms with Gasteiger partial charge in [-0.15, -0.1) is 0 Å². The van der Waals surface area contributed by atoms with Gasteiger partial charge in [-0.3, -0.25) is 0 Å². The first-order valence-corrected chi connectivity index (χ1v) is 5.55. The van der Waals surface area contributed by atoms with Crippen LogP contribution in [0.2, 0.25) is 0 Å².